The second-order valence-corrected chi connectivity index (χ2v) is 6.97. The maximum Gasteiger partial charge on any atom is 0.269 e. The van der Waals surface area contributed by atoms with E-state index in [1.807, 2.05) is 68.7 Å². The number of nitrogens with zero attached hydrogens (tertiary/aromatic N) is 2. The van der Waals surface area contributed by atoms with Crippen molar-refractivity contribution in [1.82, 2.24) is 19.8 Å². The third kappa shape index (κ3) is 4.16. The van der Waals surface area contributed by atoms with Gasteiger partial charge in [-0.3, -0.25) is 9.36 Å². The third-order valence-electron chi connectivity index (χ3n) is 4.60. The van der Waals surface area contributed by atoms with Crippen LogP contribution in [0.15, 0.2) is 60.8 Å². The molecule has 0 aliphatic heterocycles. The van der Waals surface area contributed by atoms with Crippen LogP contribution in [0.3, 0.4) is 0 Å². The second-order valence-electron chi connectivity index (χ2n) is 6.58. The fourth-order valence-corrected chi connectivity index (χ4v) is 3.42. The lowest BCUT2D eigenvalue weighted by molar-refractivity contribution is 0.0934. The molecule has 6 nitrogen and oxygen atoms in total. The van der Waals surface area contributed by atoms with E-state index in [-0.39, 0.29) is 11.9 Å². The van der Waals surface area contributed by atoms with E-state index in [1.165, 1.54) is 0 Å². The predicted octanol–water partition coefficient (Wildman–Crippen LogP) is 3.58. The van der Waals surface area contributed by atoms with Crippen LogP contribution in [0.2, 0.25) is 0 Å². The van der Waals surface area contributed by atoms with Gasteiger partial charge in [-0.05, 0) is 44.5 Å². The minimum atomic E-state index is -0.196. The number of likely N-dealkylation sites (N-methyl/N-ethyl adjacent to an activating group) is 1. The zero-order valence-electron chi connectivity index (χ0n) is 16.2. The largest absolute Gasteiger partial charge is 0.496 e. The van der Waals surface area contributed by atoms with Crippen molar-refractivity contribution in [3.63, 3.8) is 0 Å². The van der Waals surface area contributed by atoms with Crippen LogP contribution in [0.25, 0.3) is 5.69 Å². The van der Waals surface area contributed by atoms with Crippen molar-refractivity contribution in [2.45, 2.75) is 6.04 Å². The van der Waals surface area contributed by atoms with Gasteiger partial charge < -0.3 is 19.9 Å². The summed E-state index contributed by atoms with van der Waals surface area (Å²) >= 11 is 5.36. The zero-order chi connectivity index (χ0) is 20.1. The molecule has 0 aliphatic rings. The normalized spacial score (nSPS) is 12.0. The molecule has 0 bridgehead atoms. The average Bonchev–Trinajstić information content (AvgIpc) is 3.10. The maximum atomic E-state index is 12.9. The minimum absolute atomic E-state index is 0.0350. The van der Waals surface area contributed by atoms with E-state index in [0.29, 0.717) is 17.0 Å². The molecule has 0 radical (unpaired) electrons. The number of para-hydroxylation sites is 2. The van der Waals surface area contributed by atoms with Crippen molar-refractivity contribution in [3.05, 3.63) is 76.8 Å². The molecule has 146 valence electrons. The summed E-state index contributed by atoms with van der Waals surface area (Å²) < 4.78 is 7.70. The molecule has 1 amide bonds. The van der Waals surface area contributed by atoms with Crippen molar-refractivity contribution >= 4 is 18.1 Å². The van der Waals surface area contributed by atoms with E-state index in [2.05, 4.69) is 15.2 Å². The van der Waals surface area contributed by atoms with E-state index in [4.69, 9.17) is 17.0 Å². The number of methoxy groups -OCH3 is 1. The summed E-state index contributed by atoms with van der Waals surface area (Å²) in [6, 6.07) is 17.4. The van der Waals surface area contributed by atoms with Gasteiger partial charge >= 0.3 is 0 Å². The zero-order valence-corrected chi connectivity index (χ0v) is 17.0. The SMILES string of the molecule is COc1ccccc1C(CNC(=O)c1c[nH]c(=S)n1-c1ccccc1)N(C)C. The van der Waals surface area contributed by atoms with E-state index in [0.717, 1.165) is 17.0 Å². The number of H-pyrrole nitrogens is 1. The smallest absolute Gasteiger partial charge is 0.269 e. The molecule has 3 aromatic rings. The van der Waals surface area contributed by atoms with E-state index in [9.17, 15) is 4.79 Å². The van der Waals surface area contributed by atoms with Gasteiger partial charge in [0, 0.05) is 24.0 Å². The lowest BCUT2D eigenvalue weighted by Crippen LogP contribution is -2.35. The molecule has 0 aliphatic carbocycles. The highest BCUT2D eigenvalue weighted by Crippen LogP contribution is 2.27. The van der Waals surface area contributed by atoms with Crippen molar-refractivity contribution in [1.29, 1.82) is 0 Å². The van der Waals surface area contributed by atoms with Crippen LogP contribution in [0.4, 0.5) is 0 Å². The third-order valence-corrected chi connectivity index (χ3v) is 4.90. The Morgan fingerprint density at radius 2 is 1.86 bits per heavy atom. The van der Waals surface area contributed by atoms with Gasteiger partial charge in [-0.2, -0.15) is 0 Å². The van der Waals surface area contributed by atoms with Gasteiger partial charge in [0.1, 0.15) is 11.4 Å². The van der Waals surface area contributed by atoms with Crippen molar-refractivity contribution < 1.29 is 9.53 Å². The molecule has 1 heterocycles. The van der Waals surface area contributed by atoms with Gasteiger partial charge in [0.2, 0.25) is 0 Å². The number of hydrogen-bond acceptors (Lipinski definition) is 4. The Balaban J connectivity index is 1.83. The van der Waals surface area contributed by atoms with E-state index in [1.54, 1.807) is 17.9 Å². The van der Waals surface area contributed by atoms with Gasteiger partial charge in [0.15, 0.2) is 4.77 Å². The number of ether oxygens (including phenoxy) is 1. The average molecular weight is 397 g/mol. The summed E-state index contributed by atoms with van der Waals surface area (Å²) in [7, 11) is 5.61. The molecule has 0 saturated carbocycles. The number of aromatic nitrogens is 2. The first kappa shape index (κ1) is 19.9. The molecule has 28 heavy (non-hydrogen) atoms. The van der Waals surface area contributed by atoms with Crippen molar-refractivity contribution in [2.24, 2.45) is 0 Å². The summed E-state index contributed by atoms with van der Waals surface area (Å²) in [6.45, 7) is 0.430. The highest BCUT2D eigenvalue weighted by atomic mass is 32.1. The van der Waals surface area contributed by atoms with Crippen LogP contribution in [0.1, 0.15) is 22.1 Å². The lowest BCUT2D eigenvalue weighted by Gasteiger charge is -2.26. The fourth-order valence-electron chi connectivity index (χ4n) is 3.16. The summed E-state index contributed by atoms with van der Waals surface area (Å²) in [6.07, 6.45) is 1.64. The van der Waals surface area contributed by atoms with E-state index >= 15 is 0 Å². The van der Waals surface area contributed by atoms with Crippen LogP contribution in [-0.2, 0) is 0 Å². The highest BCUT2D eigenvalue weighted by molar-refractivity contribution is 7.71. The molecule has 1 unspecified atom stereocenters. The predicted molar refractivity (Wildman–Crippen MR) is 113 cm³/mol. The molecule has 2 N–H and O–H groups in total. The van der Waals surface area contributed by atoms with E-state index < -0.39 is 0 Å². The van der Waals surface area contributed by atoms with Crippen molar-refractivity contribution in [2.75, 3.05) is 27.7 Å². The summed E-state index contributed by atoms with van der Waals surface area (Å²) in [5.41, 5.74) is 2.32. The monoisotopic (exact) mass is 396 g/mol. The number of rotatable bonds is 7. The summed E-state index contributed by atoms with van der Waals surface area (Å²) in [5, 5.41) is 3.03. The van der Waals surface area contributed by atoms with Gasteiger partial charge in [0.25, 0.3) is 5.91 Å². The molecule has 1 atom stereocenters. The topological polar surface area (TPSA) is 62.3 Å². The molecule has 2 aromatic carbocycles. The number of imidazole rings is 1. The second kappa shape index (κ2) is 8.86. The highest BCUT2D eigenvalue weighted by Gasteiger charge is 2.21. The number of aromatic amines is 1. The summed E-state index contributed by atoms with van der Waals surface area (Å²) in [5.74, 6) is 0.599. The Bertz CT molecular complexity index is 995. The van der Waals surface area contributed by atoms with Crippen LogP contribution in [0, 0.1) is 4.77 Å². The lowest BCUT2D eigenvalue weighted by atomic mass is 10.0. The van der Waals surface area contributed by atoms with Crippen LogP contribution in [-0.4, -0.2) is 48.1 Å². The molecular weight excluding hydrogens is 372 g/mol. The van der Waals surface area contributed by atoms with Gasteiger partial charge in [-0.25, -0.2) is 0 Å². The number of hydrogen-bond donors (Lipinski definition) is 2. The first-order valence-corrected chi connectivity index (χ1v) is 9.37. The summed E-state index contributed by atoms with van der Waals surface area (Å²) in [4.78, 5) is 17.9. The number of nitrogens with one attached hydrogen (secondary N) is 2. The molecule has 1 aromatic heterocycles. The Kier molecular flexibility index (Phi) is 6.28. The molecule has 7 heteroatoms. The minimum Gasteiger partial charge on any atom is -0.496 e. The van der Waals surface area contributed by atoms with Crippen molar-refractivity contribution in [3.8, 4) is 11.4 Å². The molecule has 3 rings (SSSR count). The Morgan fingerprint density at radius 3 is 2.54 bits per heavy atom. The fraction of sp³-hybridized carbons (Fsp3) is 0.238. The molecule has 0 fully saturated rings. The number of amides is 1. The quantitative estimate of drug-likeness (QED) is 0.600. The molecule has 0 spiro atoms. The van der Waals surface area contributed by atoms with Crippen LogP contribution in [0.5, 0.6) is 5.75 Å². The van der Waals surface area contributed by atoms with Gasteiger partial charge in [-0.1, -0.05) is 36.4 Å². The maximum absolute atomic E-state index is 12.9. The van der Waals surface area contributed by atoms with Crippen LogP contribution < -0.4 is 10.1 Å². The number of carbonyl (C=O) groups excluding carboxylic acids is 1. The molecule has 0 saturated heterocycles. The Morgan fingerprint density at radius 1 is 1.18 bits per heavy atom. The number of carbonyl (C=O) groups is 1. The first-order chi connectivity index (χ1) is 13.5. The Labute approximate surface area is 169 Å². The number of benzene rings is 2. The molecular formula is C21H24N4O2S. The first-order valence-electron chi connectivity index (χ1n) is 8.96. The Hall–Kier alpha value is -2.90. The van der Waals surface area contributed by atoms with Gasteiger partial charge in [-0.15, -0.1) is 0 Å². The van der Waals surface area contributed by atoms with Gasteiger partial charge in [0.05, 0.1) is 13.2 Å². The standard InChI is InChI=1S/C21H24N4O2S/c1-24(2)17(16-11-7-8-12-19(16)27-3)13-22-20(26)18-14-23-21(28)25(18)15-9-5-4-6-10-15/h4-12,14,17H,13H2,1-3H3,(H,22,26)(H,23,28). The van der Waals surface area contributed by atoms with Crippen LogP contribution >= 0.6 is 12.2 Å².